The number of anilines is 3. The highest BCUT2D eigenvalue weighted by molar-refractivity contribution is 7.25. The van der Waals surface area contributed by atoms with Gasteiger partial charge in [-0.2, -0.15) is 0 Å². The van der Waals surface area contributed by atoms with Crippen LogP contribution < -0.4 is 4.90 Å². The van der Waals surface area contributed by atoms with E-state index in [1.807, 2.05) is 11.3 Å². The van der Waals surface area contributed by atoms with Gasteiger partial charge in [-0.3, -0.25) is 0 Å². The summed E-state index contributed by atoms with van der Waals surface area (Å²) < 4.78 is 2.65. The monoisotopic (exact) mass is 659 g/mol. The number of rotatable bonds is 4. The lowest BCUT2D eigenvalue weighted by Crippen LogP contribution is -2.17. The molecule has 2 aliphatic carbocycles. The lowest BCUT2D eigenvalue weighted by Gasteiger charge is -2.31. The second-order valence-corrected chi connectivity index (χ2v) is 16.0. The van der Waals surface area contributed by atoms with E-state index in [1.54, 1.807) is 0 Å². The molecule has 1 aromatic heterocycles. The van der Waals surface area contributed by atoms with Gasteiger partial charge in [-0.25, -0.2) is 0 Å². The summed E-state index contributed by atoms with van der Waals surface area (Å²) in [6.45, 7) is 9.46. The number of para-hydroxylation sites is 1. The first-order chi connectivity index (χ1) is 24.3. The van der Waals surface area contributed by atoms with Gasteiger partial charge >= 0.3 is 0 Å². The van der Waals surface area contributed by atoms with Gasteiger partial charge in [-0.05, 0) is 87.0 Å². The van der Waals surface area contributed by atoms with Crippen LogP contribution in [0.3, 0.4) is 0 Å². The summed E-state index contributed by atoms with van der Waals surface area (Å²) in [4.78, 5) is 2.54. The fraction of sp³-hybridized carbons (Fsp3) is 0.125. The molecule has 2 aliphatic rings. The van der Waals surface area contributed by atoms with Crippen molar-refractivity contribution in [2.24, 2.45) is 0 Å². The Morgan fingerprint density at radius 1 is 0.420 bits per heavy atom. The average Bonchev–Trinajstić information content (AvgIpc) is 3.72. The molecule has 1 heterocycles. The zero-order valence-corrected chi connectivity index (χ0v) is 29.6. The molecule has 240 valence electrons. The topological polar surface area (TPSA) is 3.24 Å². The lowest BCUT2D eigenvalue weighted by atomic mass is 9.82. The number of nitrogens with zero attached hydrogens (tertiary/aromatic N) is 1. The van der Waals surface area contributed by atoms with Gasteiger partial charge in [0.15, 0.2) is 0 Å². The molecule has 0 spiro atoms. The largest absolute Gasteiger partial charge is 0.309 e. The van der Waals surface area contributed by atoms with E-state index in [0.717, 1.165) is 0 Å². The molecule has 0 radical (unpaired) electrons. The molecule has 0 saturated heterocycles. The molecule has 0 unspecified atom stereocenters. The summed E-state index contributed by atoms with van der Waals surface area (Å²) in [5.41, 5.74) is 16.7. The SMILES string of the molecule is CC1(C)c2ccccc2-c2cc(N(c3ccccc3-c3ccc4sc5ccccc5c4c3)c3cccc4c3-c3ccccc3C4(C)C)ccc21. The van der Waals surface area contributed by atoms with Crippen LogP contribution in [-0.4, -0.2) is 0 Å². The van der Waals surface area contributed by atoms with Crippen molar-refractivity contribution in [3.8, 4) is 33.4 Å². The van der Waals surface area contributed by atoms with Crippen molar-refractivity contribution in [1.29, 1.82) is 0 Å². The predicted octanol–water partition coefficient (Wildman–Crippen LogP) is 13.8. The molecular formula is C48H37NS. The summed E-state index contributed by atoms with van der Waals surface area (Å²) in [7, 11) is 0. The highest BCUT2D eigenvalue weighted by Crippen LogP contribution is 2.56. The molecule has 8 aromatic rings. The minimum absolute atomic E-state index is 0.0527. The zero-order chi connectivity index (χ0) is 33.8. The number of thiophene rings is 1. The van der Waals surface area contributed by atoms with E-state index in [0.29, 0.717) is 0 Å². The Morgan fingerprint density at radius 2 is 1.02 bits per heavy atom. The second kappa shape index (κ2) is 10.5. The van der Waals surface area contributed by atoms with Crippen molar-refractivity contribution < 1.29 is 0 Å². The van der Waals surface area contributed by atoms with Gasteiger partial charge in [-0.15, -0.1) is 11.3 Å². The van der Waals surface area contributed by atoms with E-state index >= 15 is 0 Å². The quantitative estimate of drug-likeness (QED) is 0.182. The van der Waals surface area contributed by atoms with Crippen molar-refractivity contribution in [3.05, 3.63) is 174 Å². The molecule has 0 saturated carbocycles. The molecule has 1 nitrogen and oxygen atoms in total. The molecule has 0 aliphatic heterocycles. The fourth-order valence-electron chi connectivity index (χ4n) is 8.98. The van der Waals surface area contributed by atoms with Gasteiger partial charge in [-0.1, -0.05) is 137 Å². The van der Waals surface area contributed by atoms with Gasteiger partial charge in [0, 0.05) is 47.8 Å². The molecule has 0 bridgehead atoms. The van der Waals surface area contributed by atoms with Crippen molar-refractivity contribution in [2.75, 3.05) is 4.90 Å². The summed E-state index contributed by atoms with van der Waals surface area (Å²) in [6, 6.07) is 56.8. The Labute approximate surface area is 298 Å². The molecule has 7 aromatic carbocycles. The van der Waals surface area contributed by atoms with E-state index < -0.39 is 0 Å². The van der Waals surface area contributed by atoms with Gasteiger partial charge in [0.05, 0.1) is 11.4 Å². The van der Waals surface area contributed by atoms with Crippen LogP contribution in [-0.2, 0) is 10.8 Å². The van der Waals surface area contributed by atoms with Crippen LogP contribution in [0, 0.1) is 0 Å². The maximum Gasteiger partial charge on any atom is 0.0543 e. The standard InChI is InChI=1S/C48H37NS/c1-47(2)38-18-9-5-15-33(38)36-29-31(25-26-40(36)47)49(43-22-13-20-41-46(43)35-17-6-10-19-39(35)48(41,3)4)42-21-11-7-14-32(42)30-24-27-45-37(28-30)34-16-8-12-23-44(34)50-45/h5-29H,1-4H3. The Hall–Kier alpha value is -5.44. The molecule has 0 atom stereocenters. The number of hydrogen-bond acceptors (Lipinski definition) is 2. The molecule has 2 heteroatoms. The van der Waals surface area contributed by atoms with E-state index in [4.69, 9.17) is 0 Å². The third kappa shape index (κ3) is 4.06. The van der Waals surface area contributed by atoms with Crippen molar-refractivity contribution in [2.45, 2.75) is 38.5 Å². The lowest BCUT2D eigenvalue weighted by molar-refractivity contribution is 0.660. The number of hydrogen-bond donors (Lipinski definition) is 0. The van der Waals surface area contributed by atoms with Gasteiger partial charge in [0.25, 0.3) is 0 Å². The molecular weight excluding hydrogens is 623 g/mol. The Bertz CT molecular complexity index is 2670. The van der Waals surface area contributed by atoms with E-state index in [-0.39, 0.29) is 10.8 Å². The van der Waals surface area contributed by atoms with Crippen LogP contribution >= 0.6 is 11.3 Å². The van der Waals surface area contributed by atoms with Crippen molar-refractivity contribution in [3.63, 3.8) is 0 Å². The van der Waals surface area contributed by atoms with E-state index in [9.17, 15) is 0 Å². The first-order valence-corrected chi connectivity index (χ1v) is 18.4. The van der Waals surface area contributed by atoms with Gasteiger partial charge in [0.2, 0.25) is 0 Å². The van der Waals surface area contributed by atoms with Gasteiger partial charge in [0.1, 0.15) is 0 Å². The highest BCUT2D eigenvalue weighted by atomic mass is 32.1. The third-order valence-corrected chi connectivity index (χ3v) is 12.6. The minimum Gasteiger partial charge on any atom is -0.309 e. The van der Waals surface area contributed by atoms with Crippen LogP contribution in [0.15, 0.2) is 152 Å². The molecule has 0 N–H and O–H groups in total. The van der Waals surface area contributed by atoms with Crippen LogP contribution in [0.5, 0.6) is 0 Å². The van der Waals surface area contributed by atoms with Crippen LogP contribution in [0.4, 0.5) is 17.1 Å². The van der Waals surface area contributed by atoms with Crippen LogP contribution in [0.1, 0.15) is 49.9 Å². The zero-order valence-electron chi connectivity index (χ0n) is 28.8. The first-order valence-electron chi connectivity index (χ1n) is 17.6. The normalized spacial score (nSPS) is 14.7. The summed E-state index contributed by atoms with van der Waals surface area (Å²) >= 11 is 1.87. The Morgan fingerprint density at radius 3 is 1.86 bits per heavy atom. The summed E-state index contributed by atoms with van der Waals surface area (Å²) in [5, 5.41) is 2.64. The maximum atomic E-state index is 2.54. The summed E-state index contributed by atoms with van der Waals surface area (Å²) in [6.07, 6.45) is 0. The Kier molecular flexibility index (Phi) is 6.21. The minimum atomic E-state index is -0.0981. The second-order valence-electron chi connectivity index (χ2n) is 14.9. The van der Waals surface area contributed by atoms with Crippen LogP contribution in [0.2, 0.25) is 0 Å². The molecule has 50 heavy (non-hydrogen) atoms. The highest BCUT2D eigenvalue weighted by Gasteiger charge is 2.39. The molecule has 10 rings (SSSR count). The maximum absolute atomic E-state index is 2.54. The van der Waals surface area contributed by atoms with Crippen molar-refractivity contribution in [1.82, 2.24) is 0 Å². The van der Waals surface area contributed by atoms with Gasteiger partial charge < -0.3 is 4.90 Å². The fourth-order valence-corrected chi connectivity index (χ4v) is 10.1. The third-order valence-electron chi connectivity index (χ3n) is 11.5. The molecule has 0 amide bonds. The smallest absolute Gasteiger partial charge is 0.0543 e. The first kappa shape index (κ1) is 29.5. The average molecular weight is 660 g/mol. The summed E-state index contributed by atoms with van der Waals surface area (Å²) in [5.74, 6) is 0. The number of benzene rings is 7. The predicted molar refractivity (Wildman–Crippen MR) is 215 cm³/mol. The van der Waals surface area contributed by atoms with E-state index in [1.165, 1.54) is 92.9 Å². The van der Waals surface area contributed by atoms with Crippen molar-refractivity contribution >= 4 is 48.6 Å². The number of fused-ring (bicyclic) bond motifs is 9. The molecule has 0 fully saturated rings. The Balaban J connectivity index is 1.26. The van der Waals surface area contributed by atoms with E-state index in [2.05, 4.69) is 184 Å². The van der Waals surface area contributed by atoms with Crippen LogP contribution in [0.25, 0.3) is 53.6 Å².